The van der Waals surface area contributed by atoms with Crippen LogP contribution in [0.4, 0.5) is 0 Å². The van der Waals surface area contributed by atoms with Gasteiger partial charge in [-0.05, 0) is 19.8 Å². The first kappa shape index (κ1) is 10.8. The lowest BCUT2D eigenvalue weighted by Gasteiger charge is -2.33. The molecule has 0 unspecified atom stereocenters. The Labute approximate surface area is 101 Å². The fraction of sp³-hybridized carbons (Fsp3) is 0.667. The molecule has 0 aromatic carbocycles. The summed E-state index contributed by atoms with van der Waals surface area (Å²) >= 11 is 0. The van der Waals surface area contributed by atoms with Crippen molar-refractivity contribution in [1.82, 2.24) is 20.2 Å². The minimum atomic E-state index is 0.0819. The van der Waals surface area contributed by atoms with Gasteiger partial charge in [-0.15, -0.1) is 0 Å². The molecule has 1 aromatic heterocycles. The summed E-state index contributed by atoms with van der Waals surface area (Å²) in [6.07, 6.45) is 4.08. The summed E-state index contributed by atoms with van der Waals surface area (Å²) in [4.78, 5) is 21.7. The molecule has 1 aliphatic carbocycles. The zero-order valence-corrected chi connectivity index (χ0v) is 10.1. The van der Waals surface area contributed by atoms with Gasteiger partial charge in [0, 0.05) is 31.6 Å². The van der Waals surface area contributed by atoms with Crippen molar-refractivity contribution in [3.05, 3.63) is 17.7 Å². The molecule has 0 spiro atoms. The lowest BCUT2D eigenvalue weighted by atomic mass is 10.2. The van der Waals surface area contributed by atoms with Crippen LogP contribution >= 0.6 is 0 Å². The molecule has 0 bridgehead atoms. The predicted octanol–water partition coefficient (Wildman–Crippen LogP) is 0.721. The minimum Gasteiger partial charge on any atom is -0.338 e. The maximum Gasteiger partial charge on any atom is 0.272 e. The lowest BCUT2D eigenvalue weighted by Crippen LogP contribution is -2.52. The van der Waals surface area contributed by atoms with Gasteiger partial charge in [0.1, 0.15) is 11.5 Å². The van der Waals surface area contributed by atoms with E-state index in [-0.39, 0.29) is 11.9 Å². The van der Waals surface area contributed by atoms with E-state index in [2.05, 4.69) is 22.2 Å². The molecule has 5 heteroatoms. The van der Waals surface area contributed by atoms with Gasteiger partial charge in [-0.3, -0.25) is 4.79 Å². The first-order chi connectivity index (χ1) is 8.25. The van der Waals surface area contributed by atoms with E-state index in [1.807, 2.05) is 4.90 Å². The SMILES string of the molecule is C[C@@H]1CNCCN1C(=O)c1cnc(C2CC2)[nH]1. The van der Waals surface area contributed by atoms with Gasteiger partial charge in [0.25, 0.3) is 5.91 Å². The van der Waals surface area contributed by atoms with Crippen molar-refractivity contribution in [2.45, 2.75) is 31.7 Å². The third-order valence-corrected chi connectivity index (χ3v) is 3.55. The maximum atomic E-state index is 12.3. The Morgan fingerprint density at radius 2 is 2.35 bits per heavy atom. The number of H-pyrrole nitrogens is 1. The minimum absolute atomic E-state index is 0.0819. The van der Waals surface area contributed by atoms with E-state index in [4.69, 9.17) is 0 Å². The largest absolute Gasteiger partial charge is 0.338 e. The van der Waals surface area contributed by atoms with Gasteiger partial charge in [0.15, 0.2) is 0 Å². The van der Waals surface area contributed by atoms with E-state index < -0.39 is 0 Å². The highest BCUT2D eigenvalue weighted by molar-refractivity contribution is 5.92. The fourth-order valence-corrected chi connectivity index (χ4v) is 2.31. The molecule has 92 valence electrons. The normalized spacial score (nSPS) is 25.0. The van der Waals surface area contributed by atoms with Gasteiger partial charge >= 0.3 is 0 Å². The van der Waals surface area contributed by atoms with Crippen LogP contribution < -0.4 is 5.32 Å². The molecule has 1 atom stereocenters. The molecule has 1 aromatic rings. The third kappa shape index (κ3) is 2.07. The Kier molecular flexibility index (Phi) is 2.63. The predicted molar refractivity (Wildman–Crippen MR) is 63.9 cm³/mol. The fourth-order valence-electron chi connectivity index (χ4n) is 2.31. The topological polar surface area (TPSA) is 61.0 Å². The molecule has 1 saturated heterocycles. The lowest BCUT2D eigenvalue weighted by molar-refractivity contribution is 0.0650. The molecule has 17 heavy (non-hydrogen) atoms. The van der Waals surface area contributed by atoms with Crippen LogP contribution in [-0.4, -0.2) is 46.5 Å². The van der Waals surface area contributed by atoms with Crippen molar-refractivity contribution < 1.29 is 4.79 Å². The van der Waals surface area contributed by atoms with E-state index in [1.54, 1.807) is 6.20 Å². The van der Waals surface area contributed by atoms with Gasteiger partial charge in [-0.1, -0.05) is 0 Å². The molecule has 2 N–H and O–H groups in total. The summed E-state index contributed by atoms with van der Waals surface area (Å²) in [7, 11) is 0. The van der Waals surface area contributed by atoms with E-state index in [9.17, 15) is 4.79 Å². The highest BCUT2D eigenvalue weighted by atomic mass is 16.2. The van der Waals surface area contributed by atoms with Crippen molar-refractivity contribution in [1.29, 1.82) is 0 Å². The van der Waals surface area contributed by atoms with Crippen LogP contribution in [0.3, 0.4) is 0 Å². The average Bonchev–Trinajstić information content (AvgIpc) is 3.07. The number of hydrogen-bond acceptors (Lipinski definition) is 3. The second-order valence-corrected chi connectivity index (χ2v) is 5.01. The van der Waals surface area contributed by atoms with Gasteiger partial charge in [-0.2, -0.15) is 0 Å². The summed E-state index contributed by atoms with van der Waals surface area (Å²) in [6, 6.07) is 0.254. The van der Waals surface area contributed by atoms with E-state index >= 15 is 0 Å². The second-order valence-electron chi connectivity index (χ2n) is 5.01. The molecule has 1 aliphatic heterocycles. The number of aromatic amines is 1. The molecular formula is C12H18N4O. The van der Waals surface area contributed by atoms with E-state index in [0.29, 0.717) is 11.6 Å². The molecule has 0 radical (unpaired) electrons. The highest BCUT2D eigenvalue weighted by Crippen LogP contribution is 2.38. The van der Waals surface area contributed by atoms with Crippen molar-refractivity contribution >= 4 is 5.91 Å². The number of carbonyl (C=O) groups excluding carboxylic acids is 1. The molecule has 1 saturated carbocycles. The zero-order chi connectivity index (χ0) is 11.8. The number of nitrogens with one attached hydrogen (secondary N) is 2. The molecule has 3 rings (SSSR count). The van der Waals surface area contributed by atoms with Crippen LogP contribution in [0.25, 0.3) is 0 Å². The summed E-state index contributed by atoms with van der Waals surface area (Å²) in [5.74, 6) is 1.63. The van der Waals surface area contributed by atoms with Crippen LogP contribution in [0.2, 0.25) is 0 Å². The summed E-state index contributed by atoms with van der Waals surface area (Å²) < 4.78 is 0. The number of amides is 1. The molecular weight excluding hydrogens is 216 g/mol. The van der Waals surface area contributed by atoms with Gasteiger partial charge in [0.2, 0.25) is 0 Å². The quantitative estimate of drug-likeness (QED) is 0.792. The summed E-state index contributed by atoms with van der Waals surface area (Å²) in [6.45, 7) is 4.59. The Morgan fingerprint density at radius 3 is 3.06 bits per heavy atom. The molecule has 5 nitrogen and oxygen atoms in total. The number of hydrogen-bond donors (Lipinski definition) is 2. The van der Waals surface area contributed by atoms with Crippen LogP contribution in [0.5, 0.6) is 0 Å². The van der Waals surface area contributed by atoms with Crippen LogP contribution in [0, 0.1) is 0 Å². The van der Waals surface area contributed by atoms with Gasteiger partial charge in [-0.25, -0.2) is 4.98 Å². The van der Waals surface area contributed by atoms with Gasteiger partial charge < -0.3 is 15.2 Å². The van der Waals surface area contributed by atoms with Crippen molar-refractivity contribution in [2.24, 2.45) is 0 Å². The average molecular weight is 234 g/mol. The van der Waals surface area contributed by atoms with Crippen LogP contribution in [0.15, 0.2) is 6.20 Å². The van der Waals surface area contributed by atoms with Crippen molar-refractivity contribution in [3.8, 4) is 0 Å². The summed E-state index contributed by atoms with van der Waals surface area (Å²) in [5.41, 5.74) is 0.639. The monoisotopic (exact) mass is 234 g/mol. The Balaban J connectivity index is 1.75. The molecule has 2 fully saturated rings. The number of rotatable bonds is 2. The van der Waals surface area contributed by atoms with E-state index in [1.165, 1.54) is 12.8 Å². The first-order valence-corrected chi connectivity index (χ1v) is 6.32. The van der Waals surface area contributed by atoms with E-state index in [0.717, 1.165) is 25.5 Å². The number of piperazine rings is 1. The smallest absolute Gasteiger partial charge is 0.272 e. The second kappa shape index (κ2) is 4.14. The molecule has 2 heterocycles. The van der Waals surface area contributed by atoms with Crippen LogP contribution in [0.1, 0.15) is 42.0 Å². The molecule has 2 aliphatic rings. The molecule has 1 amide bonds. The van der Waals surface area contributed by atoms with Crippen LogP contribution in [-0.2, 0) is 0 Å². The number of aromatic nitrogens is 2. The number of carbonyl (C=O) groups is 1. The van der Waals surface area contributed by atoms with Crippen molar-refractivity contribution in [2.75, 3.05) is 19.6 Å². The first-order valence-electron chi connectivity index (χ1n) is 6.32. The summed E-state index contributed by atoms with van der Waals surface area (Å²) in [5, 5.41) is 3.28. The highest BCUT2D eigenvalue weighted by Gasteiger charge is 2.29. The number of imidazole rings is 1. The van der Waals surface area contributed by atoms with Gasteiger partial charge in [0.05, 0.1) is 6.20 Å². The van der Waals surface area contributed by atoms with Crippen molar-refractivity contribution in [3.63, 3.8) is 0 Å². The maximum absolute atomic E-state index is 12.3. The standard InChI is InChI=1S/C12H18N4O/c1-8-6-13-4-5-16(8)12(17)10-7-14-11(15-10)9-2-3-9/h7-9,13H,2-6H2,1H3,(H,14,15)/t8-/m1/s1. The number of nitrogens with zero attached hydrogens (tertiary/aromatic N) is 2. The Hall–Kier alpha value is -1.36. The Morgan fingerprint density at radius 1 is 1.53 bits per heavy atom. The Bertz CT molecular complexity index is 424. The zero-order valence-electron chi connectivity index (χ0n) is 10.1. The third-order valence-electron chi connectivity index (χ3n) is 3.55.